The lowest BCUT2D eigenvalue weighted by atomic mass is 9.97. The lowest BCUT2D eigenvalue weighted by Crippen LogP contribution is -2.63. The second kappa shape index (κ2) is 41.2. The summed E-state index contributed by atoms with van der Waals surface area (Å²) in [6, 6.07) is 0. The number of unbranched alkanes of at least 4 members (excludes halogenated alkanes) is 22. The van der Waals surface area contributed by atoms with E-state index in [9.17, 15) is 43.7 Å². The molecule has 0 aliphatic carbocycles. The van der Waals surface area contributed by atoms with Crippen molar-refractivity contribution in [1.29, 1.82) is 0 Å². The molecule has 0 unspecified atom stereocenters. The van der Waals surface area contributed by atoms with Crippen LogP contribution in [-0.4, -0.2) is 144 Å². The van der Waals surface area contributed by atoms with Gasteiger partial charge < -0.3 is 67.7 Å². The summed E-state index contributed by atoms with van der Waals surface area (Å²) in [4.78, 5) is 53.5. The van der Waals surface area contributed by atoms with Gasteiger partial charge >= 0.3 is 21.6 Å². The standard InChI is InChI=1S/C52H100O19P2/c1-6-9-12-15-17-19-20-21-22-23-24-25-26-29-32-35-44(53)69-50-49(65-38-36-41(63-5)34-31-28-14-11-8-3)47(70-72(56,57)58)43(39-62-4)68-52(50)66-40-42-45(54)48(46(55)51(67-42)71-73(59,60)61)64-37-33-30-27-18-16-13-10-7-2/h19-20,41-43,45-52,54-55H,6-18,21-40H2,1-5H3,(H2,56,57,58)(H2,59,60,61)/b20-19-/t41-,42+,43+,45+,46+,47+,48-,49-,50+,51+,52+/m0/s1. The SMILES string of the molecule is CCCCCC/C=C\CCCCCCCCCC(=O)O[C@H]1[C@H](OC[C@H]2O[C@H](OP(=O)(O)O)[C@H](O)[C@@H](OCCCCCCCCCC)[C@@H]2O)O[C@H](COC)[C@@H](OP(=O)(O)O)[C@@H]1OCC[C@H](CCCCCCC)OC. The molecule has 0 aromatic carbocycles. The van der Waals surface area contributed by atoms with E-state index < -0.39 is 89.6 Å². The number of esters is 1. The topological polar surface area (TPSA) is 265 Å². The first-order valence-electron chi connectivity index (χ1n) is 27.9. The predicted molar refractivity (Wildman–Crippen MR) is 277 cm³/mol. The fourth-order valence-electron chi connectivity index (χ4n) is 9.26. The van der Waals surface area contributed by atoms with Crippen LogP contribution < -0.4 is 0 Å². The Bertz CT molecular complexity index is 1480. The molecule has 0 amide bonds. The molecule has 0 aromatic rings. The quantitative estimate of drug-likeness (QED) is 0.0143. The lowest BCUT2D eigenvalue weighted by molar-refractivity contribution is -0.330. The Labute approximate surface area is 438 Å². The van der Waals surface area contributed by atoms with Crippen LogP contribution in [0.1, 0.15) is 207 Å². The van der Waals surface area contributed by atoms with E-state index in [0.29, 0.717) is 19.3 Å². The van der Waals surface area contributed by atoms with Gasteiger partial charge in [-0.15, -0.1) is 0 Å². The van der Waals surface area contributed by atoms with E-state index in [4.69, 9.17) is 46.9 Å². The van der Waals surface area contributed by atoms with Crippen molar-refractivity contribution in [3.8, 4) is 0 Å². The van der Waals surface area contributed by atoms with E-state index in [1.807, 2.05) is 0 Å². The van der Waals surface area contributed by atoms with Gasteiger partial charge in [-0.25, -0.2) is 9.13 Å². The lowest BCUT2D eigenvalue weighted by Gasteiger charge is -2.46. The van der Waals surface area contributed by atoms with E-state index >= 15 is 0 Å². The Morgan fingerprint density at radius 1 is 0.521 bits per heavy atom. The molecular weight excluding hydrogens is 991 g/mol. The van der Waals surface area contributed by atoms with Crippen molar-refractivity contribution < 1.29 is 90.7 Å². The van der Waals surface area contributed by atoms with Gasteiger partial charge in [0.25, 0.3) is 0 Å². The van der Waals surface area contributed by atoms with Crippen molar-refractivity contribution in [2.45, 2.75) is 274 Å². The minimum atomic E-state index is -5.24. The number of carbonyl (C=O) groups excluding carboxylic acids is 1. The molecule has 2 aliphatic heterocycles. The zero-order valence-corrected chi connectivity index (χ0v) is 47.0. The van der Waals surface area contributed by atoms with Crippen LogP contribution in [0.5, 0.6) is 0 Å². The number of rotatable bonds is 46. The predicted octanol–water partition coefficient (Wildman–Crippen LogP) is 10.0. The summed E-state index contributed by atoms with van der Waals surface area (Å²) < 4.78 is 82.4. The van der Waals surface area contributed by atoms with E-state index in [-0.39, 0.29) is 32.3 Å². The normalized spacial score (nSPS) is 25.4. The van der Waals surface area contributed by atoms with Gasteiger partial charge in [0.05, 0.1) is 19.3 Å². The van der Waals surface area contributed by atoms with E-state index in [0.717, 1.165) is 122 Å². The monoisotopic (exact) mass is 1090 g/mol. The van der Waals surface area contributed by atoms with Crippen LogP contribution in [0.3, 0.4) is 0 Å². The van der Waals surface area contributed by atoms with E-state index in [1.165, 1.54) is 45.6 Å². The molecule has 0 radical (unpaired) electrons. The minimum absolute atomic E-state index is 0.00340. The Kier molecular flexibility index (Phi) is 38.4. The summed E-state index contributed by atoms with van der Waals surface area (Å²) in [5.41, 5.74) is 0. The number of aliphatic hydroxyl groups is 2. The number of phosphoric acid groups is 2. The number of aliphatic hydroxyl groups excluding tert-OH is 2. The van der Waals surface area contributed by atoms with Crippen molar-refractivity contribution in [2.75, 3.05) is 40.6 Å². The van der Waals surface area contributed by atoms with Gasteiger partial charge in [0, 0.05) is 33.9 Å². The van der Waals surface area contributed by atoms with Gasteiger partial charge in [0.15, 0.2) is 18.7 Å². The number of ether oxygens (including phenoxy) is 8. The minimum Gasteiger partial charge on any atom is -0.454 e. The van der Waals surface area contributed by atoms with E-state index in [2.05, 4.69) is 32.9 Å². The number of allylic oxidation sites excluding steroid dienone is 2. The maximum Gasteiger partial charge on any atom is 0.472 e. The first-order chi connectivity index (χ1) is 35.1. The highest BCUT2D eigenvalue weighted by molar-refractivity contribution is 7.46. The average molecular weight is 1090 g/mol. The number of carbonyl (C=O) groups is 1. The highest BCUT2D eigenvalue weighted by Crippen LogP contribution is 2.44. The van der Waals surface area contributed by atoms with Gasteiger partial charge in [-0.05, 0) is 51.4 Å². The van der Waals surface area contributed by atoms with Crippen molar-refractivity contribution in [1.82, 2.24) is 0 Å². The molecule has 21 heteroatoms. The number of hydrogen-bond donors (Lipinski definition) is 6. The van der Waals surface area contributed by atoms with Gasteiger partial charge in [-0.2, -0.15) is 0 Å². The zero-order valence-electron chi connectivity index (χ0n) is 45.2. The van der Waals surface area contributed by atoms with E-state index in [1.54, 1.807) is 7.11 Å². The number of hydrogen-bond acceptors (Lipinski definition) is 15. The summed E-state index contributed by atoms with van der Waals surface area (Å²) in [6.45, 7) is 5.76. The molecule has 0 saturated carbocycles. The molecule has 6 N–H and O–H groups in total. The summed E-state index contributed by atoms with van der Waals surface area (Å²) in [7, 11) is -7.53. The summed E-state index contributed by atoms with van der Waals surface area (Å²) in [5, 5.41) is 22.7. The Hall–Kier alpha value is -0.930. The molecule has 432 valence electrons. The van der Waals surface area contributed by atoms with Gasteiger partial charge in [0.2, 0.25) is 0 Å². The summed E-state index contributed by atoms with van der Waals surface area (Å²) in [5.74, 6) is -0.652. The first-order valence-corrected chi connectivity index (χ1v) is 31.0. The highest BCUT2D eigenvalue weighted by atomic mass is 31.2. The second-order valence-corrected chi connectivity index (χ2v) is 22.2. The average Bonchev–Trinajstić information content (AvgIpc) is 3.33. The van der Waals surface area contributed by atoms with Crippen LogP contribution in [-0.2, 0) is 60.9 Å². The van der Waals surface area contributed by atoms with Gasteiger partial charge in [0.1, 0.15) is 42.7 Å². The molecule has 2 saturated heterocycles. The summed E-state index contributed by atoms with van der Waals surface area (Å²) >= 11 is 0. The summed E-state index contributed by atoms with van der Waals surface area (Å²) in [6.07, 6.45) is 17.3. The Balaban J connectivity index is 2.29. The van der Waals surface area contributed by atoms with Crippen LogP contribution in [0.4, 0.5) is 0 Å². The number of methoxy groups -OCH3 is 2. The molecule has 11 atom stereocenters. The molecule has 2 fully saturated rings. The van der Waals surface area contributed by atoms with Crippen molar-refractivity contribution in [3.05, 3.63) is 12.2 Å². The zero-order chi connectivity index (χ0) is 53.7. The third-order valence-electron chi connectivity index (χ3n) is 13.4. The molecule has 73 heavy (non-hydrogen) atoms. The molecule has 2 aliphatic rings. The van der Waals surface area contributed by atoms with Gasteiger partial charge in [-0.3, -0.25) is 13.8 Å². The molecule has 19 nitrogen and oxygen atoms in total. The Morgan fingerprint density at radius 3 is 1.59 bits per heavy atom. The molecule has 0 bridgehead atoms. The van der Waals surface area contributed by atoms with Crippen molar-refractivity contribution >= 4 is 21.6 Å². The fourth-order valence-corrected chi connectivity index (χ4v) is 10.3. The first kappa shape index (κ1) is 68.2. The molecule has 2 heterocycles. The third kappa shape index (κ3) is 31.3. The maximum absolute atomic E-state index is 13.8. The molecule has 2 rings (SSSR count). The van der Waals surface area contributed by atoms with Crippen molar-refractivity contribution in [2.24, 2.45) is 0 Å². The molecule has 0 spiro atoms. The van der Waals surface area contributed by atoms with Gasteiger partial charge in [-0.1, -0.05) is 161 Å². The fraction of sp³-hybridized carbons (Fsp3) is 0.942. The molecule has 0 aromatic heterocycles. The van der Waals surface area contributed by atoms with Crippen LogP contribution in [0.2, 0.25) is 0 Å². The van der Waals surface area contributed by atoms with Crippen LogP contribution in [0, 0.1) is 0 Å². The molecular formula is C52H100O19P2. The highest BCUT2D eigenvalue weighted by Gasteiger charge is 2.54. The maximum atomic E-state index is 13.8. The number of phosphoric ester groups is 2. The van der Waals surface area contributed by atoms with Crippen LogP contribution in [0.25, 0.3) is 0 Å². The third-order valence-corrected chi connectivity index (χ3v) is 14.4. The Morgan fingerprint density at radius 2 is 1.03 bits per heavy atom. The van der Waals surface area contributed by atoms with Crippen LogP contribution in [0.15, 0.2) is 12.2 Å². The van der Waals surface area contributed by atoms with Crippen molar-refractivity contribution in [3.63, 3.8) is 0 Å². The van der Waals surface area contributed by atoms with Crippen LogP contribution >= 0.6 is 15.6 Å². The largest absolute Gasteiger partial charge is 0.472 e. The smallest absolute Gasteiger partial charge is 0.454 e. The second-order valence-electron chi connectivity index (χ2n) is 19.8.